The summed E-state index contributed by atoms with van der Waals surface area (Å²) in [5.41, 5.74) is 7.67. The lowest BCUT2D eigenvalue weighted by Crippen LogP contribution is -2.08. The maximum atomic E-state index is 12.4. The van der Waals surface area contributed by atoms with Gasteiger partial charge in [0.05, 0.1) is 12.3 Å². The molecule has 0 bridgehead atoms. The van der Waals surface area contributed by atoms with Crippen LogP contribution in [0.3, 0.4) is 0 Å². The van der Waals surface area contributed by atoms with Crippen molar-refractivity contribution >= 4 is 5.78 Å². The maximum Gasteiger partial charge on any atom is 0.194 e. The second kappa shape index (κ2) is 6.30. The van der Waals surface area contributed by atoms with Crippen molar-refractivity contribution in [2.24, 2.45) is 5.73 Å². The average Bonchev–Trinajstić information content (AvgIpc) is 2.46. The fourth-order valence-electron chi connectivity index (χ4n) is 1.84. The van der Waals surface area contributed by atoms with Gasteiger partial charge in [-0.2, -0.15) is 0 Å². The number of hydrogen-bond donors (Lipinski definition) is 1. The molecule has 20 heavy (non-hydrogen) atoms. The summed E-state index contributed by atoms with van der Waals surface area (Å²) in [7, 11) is 0. The van der Waals surface area contributed by atoms with E-state index in [0.29, 0.717) is 23.4 Å². The monoisotopic (exact) mass is 270 g/mol. The number of nitrogens with two attached hydrogens (primary N) is 1. The number of benzene rings is 1. The predicted molar refractivity (Wildman–Crippen MR) is 77.8 cm³/mol. The van der Waals surface area contributed by atoms with Crippen molar-refractivity contribution in [3.05, 3.63) is 59.4 Å². The molecule has 1 heterocycles. The summed E-state index contributed by atoms with van der Waals surface area (Å²) in [6.45, 7) is 4.33. The average molecular weight is 270 g/mol. The zero-order valence-corrected chi connectivity index (χ0v) is 11.7. The van der Waals surface area contributed by atoms with Gasteiger partial charge < -0.3 is 10.5 Å². The number of aromatic nitrogens is 1. The van der Waals surface area contributed by atoms with Gasteiger partial charge in [-0.15, -0.1) is 0 Å². The molecule has 0 amide bonds. The predicted octanol–water partition coefficient (Wildman–Crippen LogP) is 2.56. The molecule has 0 fully saturated rings. The summed E-state index contributed by atoms with van der Waals surface area (Å²) in [5, 5.41) is 0. The Hall–Kier alpha value is -2.20. The van der Waals surface area contributed by atoms with Crippen LogP contribution in [0.2, 0.25) is 0 Å². The van der Waals surface area contributed by atoms with Crippen LogP contribution < -0.4 is 10.5 Å². The highest BCUT2D eigenvalue weighted by Crippen LogP contribution is 2.16. The molecule has 4 nitrogen and oxygen atoms in total. The zero-order chi connectivity index (χ0) is 14.5. The Bertz CT molecular complexity index is 592. The van der Waals surface area contributed by atoms with Gasteiger partial charge in [0.25, 0.3) is 0 Å². The highest BCUT2D eigenvalue weighted by Gasteiger charge is 2.11. The van der Waals surface area contributed by atoms with E-state index in [-0.39, 0.29) is 11.9 Å². The van der Waals surface area contributed by atoms with E-state index in [1.54, 1.807) is 30.6 Å². The summed E-state index contributed by atoms with van der Waals surface area (Å²) >= 11 is 0. The van der Waals surface area contributed by atoms with Gasteiger partial charge in [-0.25, -0.2) is 0 Å². The first-order chi connectivity index (χ1) is 9.60. The lowest BCUT2D eigenvalue weighted by molar-refractivity contribution is 0.103. The van der Waals surface area contributed by atoms with Crippen LogP contribution in [-0.2, 0) is 6.54 Å². The first-order valence-corrected chi connectivity index (χ1v) is 6.55. The third-order valence-corrected chi connectivity index (χ3v) is 2.80. The van der Waals surface area contributed by atoms with E-state index < -0.39 is 0 Å². The summed E-state index contributed by atoms with van der Waals surface area (Å²) in [6, 6.07) is 8.98. The smallest absolute Gasteiger partial charge is 0.194 e. The first-order valence-electron chi connectivity index (χ1n) is 6.55. The minimum atomic E-state index is -0.0738. The van der Waals surface area contributed by atoms with E-state index in [1.807, 2.05) is 26.0 Å². The van der Waals surface area contributed by atoms with Crippen LogP contribution in [0.4, 0.5) is 0 Å². The number of carbonyl (C=O) groups is 1. The van der Waals surface area contributed by atoms with Crippen LogP contribution in [0.5, 0.6) is 5.75 Å². The van der Waals surface area contributed by atoms with Crippen molar-refractivity contribution in [3.63, 3.8) is 0 Å². The van der Waals surface area contributed by atoms with Gasteiger partial charge in [0.1, 0.15) is 5.75 Å². The Kier molecular flexibility index (Phi) is 4.48. The molecule has 104 valence electrons. The molecule has 0 saturated heterocycles. The lowest BCUT2D eigenvalue weighted by Gasteiger charge is -2.10. The Morgan fingerprint density at radius 2 is 1.90 bits per heavy atom. The van der Waals surface area contributed by atoms with Gasteiger partial charge in [0, 0.05) is 23.9 Å². The fourth-order valence-corrected chi connectivity index (χ4v) is 1.84. The molecule has 0 radical (unpaired) electrons. The number of ketones is 1. The van der Waals surface area contributed by atoms with Crippen LogP contribution in [0.1, 0.15) is 35.3 Å². The topological polar surface area (TPSA) is 65.2 Å². The molecule has 1 aromatic carbocycles. The summed E-state index contributed by atoms with van der Waals surface area (Å²) in [4.78, 5) is 16.4. The van der Waals surface area contributed by atoms with E-state index in [4.69, 9.17) is 10.5 Å². The zero-order valence-electron chi connectivity index (χ0n) is 11.7. The first kappa shape index (κ1) is 14.2. The van der Waals surface area contributed by atoms with Crippen LogP contribution in [0.25, 0.3) is 0 Å². The van der Waals surface area contributed by atoms with Gasteiger partial charge in [-0.1, -0.05) is 24.3 Å². The number of ether oxygens (including phenoxy) is 1. The van der Waals surface area contributed by atoms with E-state index >= 15 is 0 Å². The van der Waals surface area contributed by atoms with Gasteiger partial charge in [0.15, 0.2) is 5.78 Å². The fraction of sp³-hybridized carbons (Fsp3) is 0.250. The lowest BCUT2D eigenvalue weighted by atomic mass is 10.0. The summed E-state index contributed by atoms with van der Waals surface area (Å²) < 4.78 is 5.55. The Morgan fingerprint density at radius 1 is 1.20 bits per heavy atom. The molecule has 0 aliphatic rings. The van der Waals surface area contributed by atoms with E-state index in [9.17, 15) is 4.79 Å². The highest BCUT2D eigenvalue weighted by atomic mass is 16.5. The minimum absolute atomic E-state index is 0.0472. The standard InChI is InChI=1S/C16H18N2O2/c1-11(2)20-15-7-14(9-18-10-15)16(19)13-5-3-12(8-17)4-6-13/h3-7,9-11H,8,17H2,1-2H3. The Labute approximate surface area is 118 Å². The van der Waals surface area contributed by atoms with E-state index in [2.05, 4.69) is 4.98 Å². The minimum Gasteiger partial charge on any atom is -0.489 e. The number of pyridine rings is 1. The quantitative estimate of drug-likeness (QED) is 0.848. The normalized spacial score (nSPS) is 10.6. The Balaban J connectivity index is 2.23. The third kappa shape index (κ3) is 3.42. The molecule has 2 aromatic rings. The second-order valence-corrected chi connectivity index (χ2v) is 4.81. The molecule has 1 aromatic heterocycles. The van der Waals surface area contributed by atoms with Crippen molar-refractivity contribution in [1.29, 1.82) is 0 Å². The molecule has 0 atom stereocenters. The highest BCUT2D eigenvalue weighted by molar-refractivity contribution is 6.08. The van der Waals surface area contributed by atoms with Crippen molar-refractivity contribution in [2.45, 2.75) is 26.5 Å². The number of carbonyl (C=O) groups excluding carboxylic acids is 1. The molecule has 0 aliphatic heterocycles. The SMILES string of the molecule is CC(C)Oc1cncc(C(=O)c2ccc(CN)cc2)c1. The molecule has 0 saturated carbocycles. The van der Waals surface area contributed by atoms with E-state index in [1.165, 1.54) is 0 Å². The number of hydrogen-bond acceptors (Lipinski definition) is 4. The van der Waals surface area contributed by atoms with Crippen LogP contribution >= 0.6 is 0 Å². The van der Waals surface area contributed by atoms with Crippen molar-refractivity contribution in [1.82, 2.24) is 4.98 Å². The van der Waals surface area contributed by atoms with Crippen LogP contribution in [-0.4, -0.2) is 16.9 Å². The van der Waals surface area contributed by atoms with Gasteiger partial charge >= 0.3 is 0 Å². The molecule has 0 spiro atoms. The van der Waals surface area contributed by atoms with Crippen molar-refractivity contribution in [2.75, 3.05) is 0 Å². The second-order valence-electron chi connectivity index (χ2n) is 4.81. The summed E-state index contributed by atoms with van der Waals surface area (Å²) in [5.74, 6) is 0.528. The van der Waals surface area contributed by atoms with Gasteiger partial charge in [-0.3, -0.25) is 9.78 Å². The van der Waals surface area contributed by atoms with Gasteiger partial charge in [0.2, 0.25) is 0 Å². The Morgan fingerprint density at radius 3 is 2.50 bits per heavy atom. The molecule has 2 rings (SSSR count). The van der Waals surface area contributed by atoms with Gasteiger partial charge in [-0.05, 0) is 25.5 Å². The largest absolute Gasteiger partial charge is 0.489 e. The molecule has 0 aliphatic carbocycles. The molecular formula is C16H18N2O2. The third-order valence-electron chi connectivity index (χ3n) is 2.80. The maximum absolute atomic E-state index is 12.4. The number of nitrogens with zero attached hydrogens (tertiary/aromatic N) is 1. The van der Waals surface area contributed by atoms with Crippen LogP contribution in [0.15, 0.2) is 42.7 Å². The molecule has 2 N–H and O–H groups in total. The van der Waals surface area contributed by atoms with Crippen LogP contribution in [0, 0.1) is 0 Å². The van der Waals surface area contributed by atoms with E-state index in [0.717, 1.165) is 5.56 Å². The van der Waals surface area contributed by atoms with Crippen molar-refractivity contribution < 1.29 is 9.53 Å². The summed E-state index contributed by atoms with van der Waals surface area (Å²) in [6.07, 6.45) is 3.20. The number of rotatable bonds is 5. The molecule has 4 heteroatoms. The molecular weight excluding hydrogens is 252 g/mol. The molecule has 0 unspecified atom stereocenters. The van der Waals surface area contributed by atoms with Crippen molar-refractivity contribution in [3.8, 4) is 5.75 Å².